The molecule has 1 aromatic rings. The maximum Gasteiger partial charge on any atom is 0.322 e. The molecule has 1 atom stereocenters. The number of carbonyl (C=O) groups is 1. The van der Waals surface area contributed by atoms with E-state index in [1.165, 1.54) is 0 Å². The molecule has 0 saturated carbocycles. The average Bonchev–Trinajstić information content (AvgIpc) is 2.68. The number of aryl methyl sites for hydroxylation is 1. The third kappa shape index (κ3) is 2.87. The molecule has 1 saturated heterocycles. The van der Waals surface area contributed by atoms with E-state index in [4.69, 9.17) is 11.6 Å². The van der Waals surface area contributed by atoms with Crippen LogP contribution in [0.2, 0.25) is 5.02 Å². The van der Waals surface area contributed by atoms with Crippen molar-refractivity contribution >= 4 is 35.1 Å². The van der Waals surface area contributed by atoms with Crippen LogP contribution >= 0.6 is 23.4 Å². The van der Waals surface area contributed by atoms with Crippen molar-refractivity contribution < 1.29 is 4.79 Å². The minimum absolute atomic E-state index is 0.0757. The summed E-state index contributed by atoms with van der Waals surface area (Å²) in [5.41, 5.74) is 1.75. The summed E-state index contributed by atoms with van der Waals surface area (Å²) in [6.45, 7) is 4.80. The first-order valence-electron chi connectivity index (χ1n) is 5.53. The van der Waals surface area contributed by atoms with E-state index in [9.17, 15) is 4.79 Å². The predicted octanol–water partition coefficient (Wildman–Crippen LogP) is 3.58. The third-order valence-electron chi connectivity index (χ3n) is 2.76. The number of rotatable bonds is 1. The molecule has 1 aliphatic heterocycles. The van der Waals surface area contributed by atoms with E-state index >= 15 is 0 Å². The van der Waals surface area contributed by atoms with Gasteiger partial charge in [-0.2, -0.15) is 0 Å². The predicted molar refractivity (Wildman–Crippen MR) is 73.8 cm³/mol. The first-order valence-corrected chi connectivity index (χ1v) is 6.96. The lowest BCUT2D eigenvalue weighted by Gasteiger charge is -2.21. The highest BCUT2D eigenvalue weighted by molar-refractivity contribution is 8.00. The highest BCUT2D eigenvalue weighted by atomic mass is 35.5. The zero-order valence-corrected chi connectivity index (χ0v) is 11.4. The molecule has 1 aliphatic rings. The molecule has 3 nitrogen and oxygen atoms in total. The maximum absolute atomic E-state index is 12.0. The van der Waals surface area contributed by atoms with Crippen LogP contribution < -0.4 is 5.32 Å². The van der Waals surface area contributed by atoms with Gasteiger partial charge in [0.15, 0.2) is 0 Å². The molecule has 1 unspecified atom stereocenters. The molecule has 2 rings (SSSR count). The minimum atomic E-state index is -0.0757. The van der Waals surface area contributed by atoms with Crippen LogP contribution in [0.5, 0.6) is 0 Å². The van der Waals surface area contributed by atoms with Crippen LogP contribution in [0.25, 0.3) is 0 Å². The highest BCUT2D eigenvalue weighted by Gasteiger charge is 2.25. The number of thioether (sulfide) groups is 1. The van der Waals surface area contributed by atoms with Crippen molar-refractivity contribution in [2.24, 2.45) is 0 Å². The monoisotopic (exact) mass is 270 g/mol. The van der Waals surface area contributed by atoms with Gasteiger partial charge in [-0.15, -0.1) is 11.8 Å². The average molecular weight is 271 g/mol. The largest absolute Gasteiger partial charge is 0.322 e. The van der Waals surface area contributed by atoms with Crippen LogP contribution in [0, 0.1) is 6.92 Å². The van der Waals surface area contributed by atoms with Crippen molar-refractivity contribution in [1.29, 1.82) is 0 Å². The molecule has 92 valence electrons. The Bertz CT molecular complexity index is 439. The van der Waals surface area contributed by atoms with Crippen LogP contribution in [-0.4, -0.2) is 28.6 Å². The number of nitrogens with one attached hydrogen (secondary N) is 1. The maximum atomic E-state index is 12.0. The van der Waals surface area contributed by atoms with Crippen LogP contribution in [-0.2, 0) is 0 Å². The Labute approximate surface area is 111 Å². The lowest BCUT2D eigenvalue weighted by Crippen LogP contribution is -2.36. The van der Waals surface area contributed by atoms with Gasteiger partial charge in [0.25, 0.3) is 0 Å². The number of hydrogen-bond acceptors (Lipinski definition) is 2. The van der Waals surface area contributed by atoms with Gasteiger partial charge < -0.3 is 10.2 Å². The normalized spacial score (nSPS) is 19.5. The van der Waals surface area contributed by atoms with E-state index in [1.807, 2.05) is 36.9 Å². The zero-order valence-electron chi connectivity index (χ0n) is 9.87. The second kappa shape index (κ2) is 5.19. The summed E-state index contributed by atoms with van der Waals surface area (Å²) < 4.78 is 0. The number of amides is 2. The van der Waals surface area contributed by atoms with Gasteiger partial charge in [-0.25, -0.2) is 4.79 Å². The standard InChI is InChI=1S/C12H15ClN2OS/c1-8-3-4-11(10(13)7-8)14-12(16)15-5-6-17-9(15)2/h3-4,7,9H,5-6H2,1-2H3,(H,14,16). The van der Waals surface area contributed by atoms with Gasteiger partial charge in [-0.1, -0.05) is 17.7 Å². The van der Waals surface area contributed by atoms with E-state index in [0.29, 0.717) is 10.7 Å². The number of halogens is 1. The summed E-state index contributed by atoms with van der Waals surface area (Å²) in [7, 11) is 0. The Balaban J connectivity index is 2.07. The Morgan fingerprint density at radius 2 is 2.35 bits per heavy atom. The number of urea groups is 1. The Kier molecular flexibility index (Phi) is 3.84. The topological polar surface area (TPSA) is 32.3 Å². The first-order chi connectivity index (χ1) is 8.08. The molecular formula is C12H15ClN2OS. The SMILES string of the molecule is Cc1ccc(NC(=O)N2CCSC2C)c(Cl)c1. The fourth-order valence-electron chi connectivity index (χ4n) is 1.77. The molecule has 2 amide bonds. The van der Waals surface area contributed by atoms with Crippen molar-refractivity contribution in [3.63, 3.8) is 0 Å². The summed E-state index contributed by atoms with van der Waals surface area (Å²) >= 11 is 7.86. The third-order valence-corrected chi connectivity index (χ3v) is 4.23. The lowest BCUT2D eigenvalue weighted by molar-refractivity contribution is 0.216. The smallest absolute Gasteiger partial charge is 0.312 e. The fourth-order valence-corrected chi connectivity index (χ4v) is 3.08. The molecule has 1 heterocycles. The Hall–Kier alpha value is -0.870. The molecule has 0 radical (unpaired) electrons. The molecule has 1 fully saturated rings. The van der Waals surface area contributed by atoms with Crippen LogP contribution in [0.15, 0.2) is 18.2 Å². The van der Waals surface area contributed by atoms with E-state index in [-0.39, 0.29) is 11.4 Å². The number of carbonyl (C=O) groups excluding carboxylic acids is 1. The van der Waals surface area contributed by atoms with Crippen molar-refractivity contribution in [3.8, 4) is 0 Å². The molecule has 5 heteroatoms. The van der Waals surface area contributed by atoms with Crippen molar-refractivity contribution in [3.05, 3.63) is 28.8 Å². The quantitative estimate of drug-likeness (QED) is 0.846. The van der Waals surface area contributed by atoms with Gasteiger partial charge in [-0.3, -0.25) is 0 Å². The molecule has 17 heavy (non-hydrogen) atoms. The van der Waals surface area contributed by atoms with Gasteiger partial charge in [0.05, 0.1) is 16.1 Å². The van der Waals surface area contributed by atoms with Crippen molar-refractivity contribution in [1.82, 2.24) is 4.90 Å². The van der Waals surface area contributed by atoms with Gasteiger partial charge in [0, 0.05) is 12.3 Å². The second-order valence-electron chi connectivity index (χ2n) is 4.08. The number of anilines is 1. The summed E-state index contributed by atoms with van der Waals surface area (Å²) in [6, 6.07) is 5.54. The number of nitrogens with zero attached hydrogens (tertiary/aromatic N) is 1. The van der Waals surface area contributed by atoms with Gasteiger partial charge >= 0.3 is 6.03 Å². The van der Waals surface area contributed by atoms with E-state index in [2.05, 4.69) is 5.32 Å². The molecular weight excluding hydrogens is 256 g/mol. The molecule has 0 aromatic heterocycles. The Morgan fingerprint density at radius 3 is 2.94 bits per heavy atom. The number of hydrogen-bond donors (Lipinski definition) is 1. The molecule has 0 spiro atoms. The Morgan fingerprint density at radius 1 is 1.59 bits per heavy atom. The van der Waals surface area contributed by atoms with Crippen molar-refractivity contribution in [2.75, 3.05) is 17.6 Å². The van der Waals surface area contributed by atoms with E-state index in [0.717, 1.165) is 17.9 Å². The minimum Gasteiger partial charge on any atom is -0.312 e. The van der Waals surface area contributed by atoms with Crippen molar-refractivity contribution in [2.45, 2.75) is 19.2 Å². The van der Waals surface area contributed by atoms with Crippen LogP contribution in [0.1, 0.15) is 12.5 Å². The van der Waals surface area contributed by atoms with Gasteiger partial charge in [0.2, 0.25) is 0 Å². The molecule has 1 aromatic carbocycles. The summed E-state index contributed by atoms with van der Waals surface area (Å²) in [6.07, 6.45) is 0. The molecule has 1 N–H and O–H groups in total. The second-order valence-corrected chi connectivity index (χ2v) is 5.91. The van der Waals surface area contributed by atoms with Crippen LogP contribution in [0.4, 0.5) is 10.5 Å². The lowest BCUT2D eigenvalue weighted by atomic mass is 10.2. The molecule has 0 bridgehead atoms. The van der Waals surface area contributed by atoms with Crippen LogP contribution in [0.3, 0.4) is 0 Å². The number of benzene rings is 1. The van der Waals surface area contributed by atoms with Gasteiger partial charge in [0.1, 0.15) is 0 Å². The van der Waals surface area contributed by atoms with Gasteiger partial charge in [-0.05, 0) is 31.5 Å². The highest BCUT2D eigenvalue weighted by Crippen LogP contribution is 2.26. The van der Waals surface area contributed by atoms with E-state index in [1.54, 1.807) is 11.8 Å². The van der Waals surface area contributed by atoms with E-state index < -0.39 is 0 Å². The molecule has 0 aliphatic carbocycles. The summed E-state index contributed by atoms with van der Waals surface area (Å²) in [5, 5.41) is 3.67. The summed E-state index contributed by atoms with van der Waals surface area (Å²) in [4.78, 5) is 13.8. The zero-order chi connectivity index (χ0) is 12.4. The first kappa shape index (κ1) is 12.6. The summed E-state index contributed by atoms with van der Waals surface area (Å²) in [5.74, 6) is 0.996. The fraction of sp³-hybridized carbons (Fsp3) is 0.417.